The van der Waals surface area contributed by atoms with Crippen LogP contribution in [0.4, 0.5) is 17.6 Å². The standard InChI is InChI=1S/C13H11F4N5O2/c14-7-1-8(10-9(2-7)19-21-20-10)11(23)22-4-6(5-22)3-18-12(24)13(15,16)17/h1-2,6H,3-5H2,(H,18,24)(H,19,20,21). The molecular formula is C13H11F4N5O2. The number of nitrogens with zero attached hydrogens (tertiary/aromatic N) is 3. The summed E-state index contributed by atoms with van der Waals surface area (Å²) in [6, 6.07) is 2.16. The van der Waals surface area contributed by atoms with Crippen LogP contribution in [0.25, 0.3) is 11.0 Å². The van der Waals surface area contributed by atoms with Crippen molar-refractivity contribution in [1.29, 1.82) is 0 Å². The molecule has 2 amide bonds. The lowest BCUT2D eigenvalue weighted by molar-refractivity contribution is -0.173. The van der Waals surface area contributed by atoms with Crippen molar-refractivity contribution in [1.82, 2.24) is 25.6 Å². The number of H-pyrrole nitrogens is 1. The summed E-state index contributed by atoms with van der Waals surface area (Å²) in [7, 11) is 0. The zero-order valence-electron chi connectivity index (χ0n) is 12.0. The van der Waals surface area contributed by atoms with Crippen molar-refractivity contribution >= 4 is 22.8 Å². The molecule has 0 aliphatic carbocycles. The van der Waals surface area contributed by atoms with Gasteiger partial charge in [-0.3, -0.25) is 9.59 Å². The Morgan fingerprint density at radius 3 is 2.67 bits per heavy atom. The SMILES string of the molecule is O=C(c1cc(F)cc2n[nH]nc12)N1CC(CNC(=O)C(F)(F)F)C1. The van der Waals surface area contributed by atoms with Gasteiger partial charge < -0.3 is 10.2 Å². The van der Waals surface area contributed by atoms with Gasteiger partial charge in [0.25, 0.3) is 5.91 Å². The third kappa shape index (κ3) is 3.01. The number of benzene rings is 1. The molecule has 7 nitrogen and oxygen atoms in total. The van der Waals surface area contributed by atoms with Crippen molar-refractivity contribution in [3.05, 3.63) is 23.5 Å². The van der Waals surface area contributed by atoms with E-state index in [2.05, 4.69) is 15.4 Å². The van der Waals surface area contributed by atoms with E-state index in [4.69, 9.17) is 0 Å². The Kier molecular flexibility index (Phi) is 3.85. The Balaban J connectivity index is 1.60. The fourth-order valence-corrected chi connectivity index (χ4v) is 2.45. The van der Waals surface area contributed by atoms with E-state index >= 15 is 0 Å². The molecule has 0 radical (unpaired) electrons. The Hall–Kier alpha value is -2.72. The summed E-state index contributed by atoms with van der Waals surface area (Å²) in [6.07, 6.45) is -4.93. The Morgan fingerprint density at radius 2 is 2.00 bits per heavy atom. The fraction of sp³-hybridized carbons (Fsp3) is 0.385. The van der Waals surface area contributed by atoms with Gasteiger partial charge in [-0.25, -0.2) is 4.39 Å². The highest BCUT2D eigenvalue weighted by Gasteiger charge is 2.40. The Labute approximate surface area is 132 Å². The number of alkyl halides is 3. The maximum absolute atomic E-state index is 13.5. The van der Waals surface area contributed by atoms with Crippen LogP contribution in [0.1, 0.15) is 10.4 Å². The number of hydrogen-bond acceptors (Lipinski definition) is 4. The van der Waals surface area contributed by atoms with Gasteiger partial charge in [0, 0.05) is 31.6 Å². The summed E-state index contributed by atoms with van der Waals surface area (Å²) in [5, 5.41) is 11.6. The third-order valence-electron chi connectivity index (χ3n) is 3.67. The van der Waals surface area contributed by atoms with Crippen molar-refractivity contribution in [2.75, 3.05) is 19.6 Å². The summed E-state index contributed by atoms with van der Waals surface area (Å²) < 4.78 is 49.7. The molecule has 0 atom stereocenters. The first-order valence-corrected chi connectivity index (χ1v) is 6.90. The van der Waals surface area contributed by atoms with Gasteiger partial charge >= 0.3 is 12.1 Å². The summed E-state index contributed by atoms with van der Waals surface area (Å²) in [6.45, 7) is 0.129. The predicted octanol–water partition coefficient (Wildman–Crippen LogP) is 0.847. The van der Waals surface area contributed by atoms with E-state index in [1.165, 1.54) is 4.90 Å². The molecule has 1 fully saturated rings. The van der Waals surface area contributed by atoms with E-state index in [1.54, 1.807) is 5.32 Å². The Bertz CT molecular complexity index is 797. The summed E-state index contributed by atoms with van der Waals surface area (Å²) >= 11 is 0. The minimum atomic E-state index is -4.93. The number of aromatic amines is 1. The van der Waals surface area contributed by atoms with Crippen LogP contribution < -0.4 is 5.32 Å². The van der Waals surface area contributed by atoms with Crippen molar-refractivity contribution in [2.24, 2.45) is 5.92 Å². The first kappa shape index (κ1) is 16.1. The molecule has 1 aromatic carbocycles. The molecule has 24 heavy (non-hydrogen) atoms. The second-order valence-electron chi connectivity index (χ2n) is 5.43. The van der Waals surface area contributed by atoms with Crippen LogP contribution in [0.5, 0.6) is 0 Å². The van der Waals surface area contributed by atoms with Gasteiger partial charge in [-0.05, 0) is 6.07 Å². The van der Waals surface area contributed by atoms with Crippen molar-refractivity contribution in [3.8, 4) is 0 Å². The number of carbonyl (C=O) groups is 2. The highest BCUT2D eigenvalue weighted by molar-refractivity contribution is 6.04. The topological polar surface area (TPSA) is 91.0 Å². The molecule has 0 unspecified atom stereocenters. The van der Waals surface area contributed by atoms with Crippen LogP contribution in [0, 0.1) is 11.7 Å². The maximum atomic E-state index is 13.5. The monoisotopic (exact) mass is 345 g/mol. The van der Waals surface area contributed by atoms with E-state index in [9.17, 15) is 27.2 Å². The smallest absolute Gasteiger partial charge is 0.348 e. The largest absolute Gasteiger partial charge is 0.471 e. The molecular weight excluding hydrogens is 334 g/mol. The number of rotatable bonds is 3. The number of halogens is 4. The van der Waals surface area contributed by atoms with Crippen LogP contribution in [-0.2, 0) is 4.79 Å². The average Bonchev–Trinajstić information content (AvgIpc) is 2.91. The van der Waals surface area contributed by atoms with Gasteiger partial charge in [-0.15, -0.1) is 0 Å². The second kappa shape index (κ2) is 5.73. The van der Waals surface area contributed by atoms with Crippen molar-refractivity contribution in [3.63, 3.8) is 0 Å². The number of likely N-dealkylation sites (tertiary alicyclic amines) is 1. The second-order valence-corrected chi connectivity index (χ2v) is 5.43. The number of fused-ring (bicyclic) bond motifs is 1. The number of amides is 2. The van der Waals surface area contributed by atoms with Crippen molar-refractivity contribution < 1.29 is 27.2 Å². The van der Waals surface area contributed by atoms with Gasteiger partial charge in [-0.1, -0.05) is 0 Å². The molecule has 1 saturated heterocycles. The van der Waals surface area contributed by atoms with Crippen LogP contribution in [0.3, 0.4) is 0 Å². The van der Waals surface area contributed by atoms with Gasteiger partial charge in [-0.2, -0.15) is 28.6 Å². The lowest BCUT2D eigenvalue weighted by Gasteiger charge is -2.39. The number of hydrogen-bond donors (Lipinski definition) is 2. The molecule has 1 aliphatic heterocycles. The van der Waals surface area contributed by atoms with Crippen LogP contribution >= 0.6 is 0 Å². The lowest BCUT2D eigenvalue weighted by atomic mass is 9.98. The molecule has 2 N–H and O–H groups in total. The minimum Gasteiger partial charge on any atom is -0.348 e. The summed E-state index contributed by atoms with van der Waals surface area (Å²) in [5.74, 6) is -3.44. The summed E-state index contributed by atoms with van der Waals surface area (Å²) in [4.78, 5) is 24.4. The van der Waals surface area contributed by atoms with E-state index < -0.39 is 23.8 Å². The van der Waals surface area contributed by atoms with Gasteiger partial charge in [0.2, 0.25) is 0 Å². The van der Waals surface area contributed by atoms with Gasteiger partial charge in [0.1, 0.15) is 16.9 Å². The summed E-state index contributed by atoms with van der Waals surface area (Å²) in [5.41, 5.74) is 0.444. The molecule has 0 spiro atoms. The van der Waals surface area contributed by atoms with Gasteiger partial charge in [0.15, 0.2) is 0 Å². The number of aromatic nitrogens is 3. The molecule has 3 rings (SSSR count). The fourth-order valence-electron chi connectivity index (χ4n) is 2.45. The van der Waals surface area contributed by atoms with Crippen LogP contribution in [0.15, 0.2) is 12.1 Å². The molecule has 2 heterocycles. The molecule has 1 aromatic heterocycles. The van der Waals surface area contributed by atoms with Crippen LogP contribution in [-0.4, -0.2) is 57.9 Å². The van der Waals surface area contributed by atoms with Crippen LogP contribution in [0.2, 0.25) is 0 Å². The highest BCUT2D eigenvalue weighted by Crippen LogP contribution is 2.23. The molecule has 1 aliphatic rings. The first-order valence-electron chi connectivity index (χ1n) is 6.90. The van der Waals surface area contributed by atoms with Crippen molar-refractivity contribution in [2.45, 2.75) is 6.18 Å². The zero-order valence-corrected chi connectivity index (χ0v) is 12.0. The number of carbonyl (C=O) groups excluding carboxylic acids is 2. The zero-order chi connectivity index (χ0) is 17.5. The quantitative estimate of drug-likeness (QED) is 0.807. The Morgan fingerprint density at radius 1 is 1.29 bits per heavy atom. The minimum absolute atomic E-state index is 0.0246. The molecule has 0 saturated carbocycles. The van der Waals surface area contributed by atoms with E-state index in [0.717, 1.165) is 12.1 Å². The lowest BCUT2D eigenvalue weighted by Crippen LogP contribution is -2.54. The third-order valence-corrected chi connectivity index (χ3v) is 3.67. The molecule has 2 aromatic rings. The normalized spacial score (nSPS) is 15.4. The first-order chi connectivity index (χ1) is 11.3. The van der Waals surface area contributed by atoms with E-state index in [1.807, 2.05) is 0 Å². The maximum Gasteiger partial charge on any atom is 0.471 e. The highest BCUT2D eigenvalue weighted by atomic mass is 19.4. The number of nitrogens with one attached hydrogen (secondary N) is 2. The molecule has 128 valence electrons. The average molecular weight is 345 g/mol. The molecule has 11 heteroatoms. The van der Waals surface area contributed by atoms with E-state index in [-0.39, 0.29) is 42.1 Å². The predicted molar refractivity (Wildman–Crippen MR) is 72.3 cm³/mol. The molecule has 0 bridgehead atoms. The van der Waals surface area contributed by atoms with E-state index in [0.29, 0.717) is 0 Å². The van der Waals surface area contributed by atoms with Gasteiger partial charge in [0.05, 0.1) is 5.56 Å².